The molecule has 0 aliphatic carbocycles. The molecular formula is C15H22O3. The highest BCUT2D eigenvalue weighted by Crippen LogP contribution is 2.19. The first kappa shape index (κ1) is 14.7. The van der Waals surface area contributed by atoms with Crippen LogP contribution >= 0.6 is 0 Å². The summed E-state index contributed by atoms with van der Waals surface area (Å²) in [7, 11) is 0. The van der Waals surface area contributed by atoms with E-state index in [4.69, 9.17) is 9.47 Å². The van der Waals surface area contributed by atoms with E-state index in [9.17, 15) is 4.79 Å². The third-order valence-corrected chi connectivity index (χ3v) is 2.29. The Morgan fingerprint density at radius 1 is 1.22 bits per heavy atom. The zero-order chi connectivity index (χ0) is 13.6. The van der Waals surface area contributed by atoms with Crippen molar-refractivity contribution in [1.29, 1.82) is 0 Å². The second kappa shape index (κ2) is 6.55. The van der Waals surface area contributed by atoms with Gasteiger partial charge in [-0.25, -0.2) is 0 Å². The molecule has 100 valence electrons. The Hall–Kier alpha value is -1.35. The van der Waals surface area contributed by atoms with Crippen molar-refractivity contribution in [3.63, 3.8) is 0 Å². The van der Waals surface area contributed by atoms with Crippen molar-refractivity contribution in [2.45, 2.75) is 39.7 Å². The second-order valence-corrected chi connectivity index (χ2v) is 5.17. The molecule has 1 rings (SSSR count). The van der Waals surface area contributed by atoms with Gasteiger partial charge in [0.1, 0.15) is 12.4 Å². The quantitative estimate of drug-likeness (QED) is 0.725. The van der Waals surface area contributed by atoms with Crippen LogP contribution in [0.2, 0.25) is 0 Å². The SMILES string of the molecule is CCCOc1ccccc1C(=O)COC(C)(C)C. The van der Waals surface area contributed by atoms with E-state index in [1.165, 1.54) is 0 Å². The molecule has 0 saturated carbocycles. The van der Waals surface area contributed by atoms with Crippen LogP contribution in [0.1, 0.15) is 44.5 Å². The van der Waals surface area contributed by atoms with Gasteiger partial charge in [0.2, 0.25) is 0 Å². The summed E-state index contributed by atoms with van der Waals surface area (Å²) in [5, 5.41) is 0. The van der Waals surface area contributed by atoms with Gasteiger partial charge in [-0.05, 0) is 39.3 Å². The maximum absolute atomic E-state index is 12.1. The van der Waals surface area contributed by atoms with E-state index in [2.05, 4.69) is 0 Å². The lowest BCUT2D eigenvalue weighted by Gasteiger charge is -2.19. The molecule has 0 atom stereocenters. The largest absolute Gasteiger partial charge is 0.493 e. The molecule has 1 aromatic carbocycles. The smallest absolute Gasteiger partial charge is 0.192 e. The van der Waals surface area contributed by atoms with Crippen LogP contribution in [-0.2, 0) is 4.74 Å². The summed E-state index contributed by atoms with van der Waals surface area (Å²) in [4.78, 5) is 12.1. The molecule has 1 aromatic rings. The van der Waals surface area contributed by atoms with E-state index in [1.54, 1.807) is 6.07 Å². The molecule has 0 aromatic heterocycles. The average Bonchev–Trinajstić information content (AvgIpc) is 2.33. The van der Waals surface area contributed by atoms with Crippen LogP contribution in [0.4, 0.5) is 0 Å². The lowest BCUT2D eigenvalue weighted by atomic mass is 10.1. The van der Waals surface area contributed by atoms with Crippen molar-refractivity contribution in [2.24, 2.45) is 0 Å². The fraction of sp³-hybridized carbons (Fsp3) is 0.533. The molecule has 0 spiro atoms. The molecular weight excluding hydrogens is 228 g/mol. The Kier molecular flexibility index (Phi) is 5.35. The highest BCUT2D eigenvalue weighted by molar-refractivity contribution is 5.99. The summed E-state index contributed by atoms with van der Waals surface area (Å²) < 4.78 is 11.1. The van der Waals surface area contributed by atoms with E-state index in [0.29, 0.717) is 17.9 Å². The molecule has 3 nitrogen and oxygen atoms in total. The van der Waals surface area contributed by atoms with Gasteiger partial charge in [-0.2, -0.15) is 0 Å². The molecule has 18 heavy (non-hydrogen) atoms. The van der Waals surface area contributed by atoms with Crippen molar-refractivity contribution < 1.29 is 14.3 Å². The van der Waals surface area contributed by atoms with E-state index >= 15 is 0 Å². The molecule has 3 heteroatoms. The number of rotatable bonds is 6. The van der Waals surface area contributed by atoms with Gasteiger partial charge in [-0.3, -0.25) is 4.79 Å². The minimum absolute atomic E-state index is 0.0448. The number of carbonyl (C=O) groups excluding carboxylic acids is 1. The standard InChI is InChI=1S/C15H22O3/c1-5-10-17-14-9-7-6-8-12(14)13(16)11-18-15(2,3)4/h6-9H,5,10-11H2,1-4H3. The fourth-order valence-corrected chi connectivity index (χ4v) is 1.39. The van der Waals surface area contributed by atoms with Gasteiger partial charge in [0, 0.05) is 0 Å². The van der Waals surface area contributed by atoms with Crippen molar-refractivity contribution in [3.05, 3.63) is 29.8 Å². The molecule has 0 fully saturated rings. The third-order valence-electron chi connectivity index (χ3n) is 2.29. The number of hydrogen-bond acceptors (Lipinski definition) is 3. The average molecular weight is 250 g/mol. The predicted molar refractivity (Wildman–Crippen MR) is 72.3 cm³/mol. The van der Waals surface area contributed by atoms with Crippen LogP contribution in [0.25, 0.3) is 0 Å². The molecule has 0 saturated heterocycles. The van der Waals surface area contributed by atoms with Gasteiger partial charge in [0.15, 0.2) is 5.78 Å². The molecule has 0 bridgehead atoms. The first-order valence-electron chi connectivity index (χ1n) is 6.33. The minimum atomic E-state index is -0.311. The number of ether oxygens (including phenoxy) is 2. The number of hydrogen-bond donors (Lipinski definition) is 0. The Balaban J connectivity index is 2.72. The van der Waals surface area contributed by atoms with Crippen LogP contribution in [0.5, 0.6) is 5.75 Å². The van der Waals surface area contributed by atoms with Crippen LogP contribution in [-0.4, -0.2) is 24.6 Å². The summed E-state index contributed by atoms with van der Waals surface area (Å²) >= 11 is 0. The zero-order valence-corrected chi connectivity index (χ0v) is 11.7. The van der Waals surface area contributed by atoms with Crippen molar-refractivity contribution in [3.8, 4) is 5.75 Å². The Morgan fingerprint density at radius 3 is 2.50 bits per heavy atom. The van der Waals surface area contributed by atoms with Crippen LogP contribution in [0.3, 0.4) is 0 Å². The number of carbonyl (C=O) groups is 1. The number of para-hydroxylation sites is 1. The normalized spacial score (nSPS) is 11.3. The van der Waals surface area contributed by atoms with Crippen molar-refractivity contribution in [2.75, 3.05) is 13.2 Å². The summed E-state index contributed by atoms with van der Waals surface area (Å²) in [6, 6.07) is 7.30. The van der Waals surface area contributed by atoms with Gasteiger partial charge in [-0.15, -0.1) is 0 Å². The highest BCUT2D eigenvalue weighted by Gasteiger charge is 2.16. The Labute approximate surface area is 109 Å². The third kappa shape index (κ3) is 4.88. The predicted octanol–water partition coefficient (Wildman–Crippen LogP) is 3.47. The van der Waals surface area contributed by atoms with E-state index in [1.807, 2.05) is 45.9 Å². The molecule has 0 amide bonds. The van der Waals surface area contributed by atoms with Gasteiger partial charge >= 0.3 is 0 Å². The zero-order valence-electron chi connectivity index (χ0n) is 11.7. The number of benzene rings is 1. The number of Topliss-reactive ketones (excluding diaryl/α,β-unsaturated/α-hetero) is 1. The van der Waals surface area contributed by atoms with Gasteiger partial charge < -0.3 is 9.47 Å². The monoisotopic (exact) mass is 250 g/mol. The molecule has 0 N–H and O–H groups in total. The lowest BCUT2D eigenvalue weighted by molar-refractivity contribution is 0.00293. The van der Waals surface area contributed by atoms with Crippen molar-refractivity contribution in [1.82, 2.24) is 0 Å². The van der Waals surface area contributed by atoms with E-state index in [0.717, 1.165) is 6.42 Å². The van der Waals surface area contributed by atoms with Gasteiger partial charge in [0.25, 0.3) is 0 Å². The summed E-state index contributed by atoms with van der Waals surface area (Å²) in [5.41, 5.74) is 0.282. The summed E-state index contributed by atoms with van der Waals surface area (Å²) in [6.45, 7) is 8.52. The van der Waals surface area contributed by atoms with Gasteiger partial charge in [0.05, 0.1) is 17.8 Å². The van der Waals surface area contributed by atoms with Crippen molar-refractivity contribution >= 4 is 5.78 Å². The summed E-state index contributed by atoms with van der Waals surface area (Å²) in [5.74, 6) is 0.596. The first-order chi connectivity index (χ1) is 8.44. The van der Waals surface area contributed by atoms with E-state index < -0.39 is 0 Å². The topological polar surface area (TPSA) is 35.5 Å². The molecule has 0 aliphatic rings. The number of ketones is 1. The van der Waals surface area contributed by atoms with E-state index in [-0.39, 0.29) is 18.0 Å². The fourth-order valence-electron chi connectivity index (χ4n) is 1.39. The molecule has 0 radical (unpaired) electrons. The molecule has 0 unspecified atom stereocenters. The lowest BCUT2D eigenvalue weighted by Crippen LogP contribution is -2.24. The molecule has 0 aliphatic heterocycles. The highest BCUT2D eigenvalue weighted by atomic mass is 16.5. The van der Waals surface area contributed by atoms with Gasteiger partial charge in [-0.1, -0.05) is 19.1 Å². The second-order valence-electron chi connectivity index (χ2n) is 5.17. The maximum atomic E-state index is 12.1. The maximum Gasteiger partial charge on any atom is 0.192 e. The van der Waals surface area contributed by atoms with Crippen LogP contribution < -0.4 is 4.74 Å². The van der Waals surface area contributed by atoms with Crippen LogP contribution in [0, 0.1) is 0 Å². The Bertz CT molecular complexity index is 391. The summed E-state index contributed by atoms with van der Waals surface area (Å²) in [6.07, 6.45) is 0.918. The first-order valence-corrected chi connectivity index (χ1v) is 6.33. The minimum Gasteiger partial charge on any atom is -0.493 e. The Morgan fingerprint density at radius 2 is 1.89 bits per heavy atom. The van der Waals surface area contributed by atoms with Crippen LogP contribution in [0.15, 0.2) is 24.3 Å². The molecule has 0 heterocycles.